The highest BCUT2D eigenvalue weighted by atomic mass is 16.5. The van der Waals surface area contributed by atoms with E-state index < -0.39 is 0 Å². The Labute approximate surface area is 108 Å². The molecule has 1 fully saturated rings. The molecule has 0 spiro atoms. The first-order valence-electron chi connectivity index (χ1n) is 6.39. The van der Waals surface area contributed by atoms with Gasteiger partial charge in [-0.2, -0.15) is 5.10 Å². The van der Waals surface area contributed by atoms with E-state index in [1.54, 1.807) is 0 Å². The predicted molar refractivity (Wildman–Crippen MR) is 68.1 cm³/mol. The molecule has 1 aromatic heterocycles. The average molecular weight is 251 g/mol. The van der Waals surface area contributed by atoms with Crippen molar-refractivity contribution in [1.82, 2.24) is 14.7 Å². The molecule has 1 aromatic rings. The summed E-state index contributed by atoms with van der Waals surface area (Å²) in [6, 6.07) is 0. The van der Waals surface area contributed by atoms with Crippen LogP contribution in [0.25, 0.3) is 0 Å². The molecule has 2 heterocycles. The first-order valence-corrected chi connectivity index (χ1v) is 6.39. The fraction of sp³-hybridized carbons (Fsp3) is 0.692. The number of carbonyl (C=O) groups excluding carboxylic acids is 1. The first-order chi connectivity index (χ1) is 8.60. The van der Waals surface area contributed by atoms with Gasteiger partial charge in [-0.3, -0.25) is 9.48 Å². The summed E-state index contributed by atoms with van der Waals surface area (Å²) in [4.78, 5) is 13.9. The van der Waals surface area contributed by atoms with E-state index in [4.69, 9.17) is 4.74 Å². The van der Waals surface area contributed by atoms with Crippen LogP contribution in [0.5, 0.6) is 0 Å². The SMILES string of the molecule is COC(=O)C1CN(CCn2cc(C)cn2)CC1C. The molecule has 2 unspecified atom stereocenters. The monoisotopic (exact) mass is 251 g/mol. The number of hydrogen-bond acceptors (Lipinski definition) is 4. The van der Waals surface area contributed by atoms with Gasteiger partial charge in [-0.1, -0.05) is 6.92 Å². The summed E-state index contributed by atoms with van der Waals surface area (Å²) in [6.45, 7) is 7.70. The number of carbonyl (C=O) groups is 1. The highest BCUT2D eigenvalue weighted by Crippen LogP contribution is 2.23. The zero-order valence-electron chi connectivity index (χ0n) is 11.3. The Bertz CT molecular complexity index is 416. The van der Waals surface area contributed by atoms with Crippen molar-refractivity contribution in [1.29, 1.82) is 0 Å². The molecule has 0 saturated carbocycles. The molecule has 18 heavy (non-hydrogen) atoms. The Kier molecular flexibility index (Phi) is 4.01. The number of rotatable bonds is 4. The van der Waals surface area contributed by atoms with E-state index >= 15 is 0 Å². The summed E-state index contributed by atoms with van der Waals surface area (Å²) in [6.07, 6.45) is 3.90. The fourth-order valence-electron chi connectivity index (χ4n) is 2.54. The molecule has 0 aliphatic carbocycles. The highest BCUT2D eigenvalue weighted by Gasteiger charge is 2.35. The Morgan fingerprint density at radius 1 is 1.50 bits per heavy atom. The van der Waals surface area contributed by atoms with Gasteiger partial charge in [0.25, 0.3) is 0 Å². The summed E-state index contributed by atoms with van der Waals surface area (Å²) in [5.74, 6) is 0.311. The number of likely N-dealkylation sites (tertiary alicyclic amines) is 1. The van der Waals surface area contributed by atoms with Crippen LogP contribution in [0, 0.1) is 18.8 Å². The quantitative estimate of drug-likeness (QED) is 0.747. The van der Waals surface area contributed by atoms with Crippen molar-refractivity contribution >= 4 is 5.97 Å². The molecule has 1 saturated heterocycles. The molecule has 0 amide bonds. The van der Waals surface area contributed by atoms with Crippen LogP contribution in [0.1, 0.15) is 12.5 Å². The number of ether oxygens (including phenoxy) is 1. The van der Waals surface area contributed by atoms with E-state index in [0.717, 1.165) is 26.2 Å². The third-order valence-corrected chi connectivity index (χ3v) is 3.60. The van der Waals surface area contributed by atoms with Gasteiger partial charge < -0.3 is 9.64 Å². The van der Waals surface area contributed by atoms with Gasteiger partial charge in [0.1, 0.15) is 0 Å². The van der Waals surface area contributed by atoms with Gasteiger partial charge >= 0.3 is 5.97 Å². The predicted octanol–water partition coefficient (Wildman–Crippen LogP) is 0.932. The van der Waals surface area contributed by atoms with E-state index in [-0.39, 0.29) is 11.9 Å². The van der Waals surface area contributed by atoms with Gasteiger partial charge in [0.15, 0.2) is 0 Å². The van der Waals surface area contributed by atoms with E-state index in [9.17, 15) is 4.79 Å². The maximum Gasteiger partial charge on any atom is 0.310 e. The van der Waals surface area contributed by atoms with Crippen LogP contribution in [-0.2, 0) is 16.1 Å². The zero-order valence-corrected chi connectivity index (χ0v) is 11.3. The number of aromatic nitrogens is 2. The normalized spacial score (nSPS) is 24.4. The van der Waals surface area contributed by atoms with Crippen molar-refractivity contribution in [3.05, 3.63) is 18.0 Å². The molecule has 1 aliphatic heterocycles. The molecule has 2 rings (SSSR count). The van der Waals surface area contributed by atoms with E-state index in [0.29, 0.717) is 5.92 Å². The van der Waals surface area contributed by atoms with Crippen molar-refractivity contribution < 1.29 is 9.53 Å². The summed E-state index contributed by atoms with van der Waals surface area (Å²) < 4.78 is 6.79. The minimum absolute atomic E-state index is 0.0226. The minimum atomic E-state index is -0.0834. The van der Waals surface area contributed by atoms with Gasteiger partial charge in [0.2, 0.25) is 0 Å². The van der Waals surface area contributed by atoms with Gasteiger partial charge in [-0.05, 0) is 18.4 Å². The van der Waals surface area contributed by atoms with E-state index in [1.165, 1.54) is 12.7 Å². The lowest BCUT2D eigenvalue weighted by molar-refractivity contribution is -0.146. The third kappa shape index (κ3) is 2.90. The van der Waals surface area contributed by atoms with E-state index in [1.807, 2.05) is 24.0 Å². The topological polar surface area (TPSA) is 47.4 Å². The molecular weight excluding hydrogens is 230 g/mol. The zero-order chi connectivity index (χ0) is 13.1. The Balaban J connectivity index is 1.83. The van der Waals surface area contributed by atoms with Crippen molar-refractivity contribution in [3.63, 3.8) is 0 Å². The highest BCUT2D eigenvalue weighted by molar-refractivity contribution is 5.73. The number of methoxy groups -OCH3 is 1. The maximum atomic E-state index is 11.6. The van der Waals surface area contributed by atoms with Gasteiger partial charge in [-0.15, -0.1) is 0 Å². The lowest BCUT2D eigenvalue weighted by Gasteiger charge is -2.15. The summed E-state index contributed by atoms with van der Waals surface area (Å²) in [5.41, 5.74) is 1.18. The Morgan fingerprint density at radius 2 is 2.28 bits per heavy atom. The van der Waals surface area contributed by atoms with Crippen LogP contribution in [0.4, 0.5) is 0 Å². The van der Waals surface area contributed by atoms with Crippen LogP contribution in [0.3, 0.4) is 0 Å². The number of hydrogen-bond donors (Lipinski definition) is 0. The molecule has 0 N–H and O–H groups in total. The molecule has 5 nitrogen and oxygen atoms in total. The lowest BCUT2D eigenvalue weighted by atomic mass is 9.99. The molecule has 0 bridgehead atoms. The van der Waals surface area contributed by atoms with Crippen molar-refractivity contribution in [2.45, 2.75) is 20.4 Å². The number of esters is 1. The smallest absolute Gasteiger partial charge is 0.310 e. The third-order valence-electron chi connectivity index (χ3n) is 3.60. The number of aryl methyl sites for hydroxylation is 1. The van der Waals surface area contributed by atoms with Crippen LogP contribution in [0.2, 0.25) is 0 Å². The summed E-state index contributed by atoms with van der Waals surface area (Å²) in [5, 5.41) is 4.26. The second-order valence-electron chi connectivity index (χ2n) is 5.15. The van der Waals surface area contributed by atoms with Gasteiger partial charge in [-0.25, -0.2) is 0 Å². The molecule has 0 radical (unpaired) electrons. The summed E-state index contributed by atoms with van der Waals surface area (Å²) >= 11 is 0. The summed E-state index contributed by atoms with van der Waals surface area (Å²) in [7, 11) is 1.46. The lowest BCUT2D eigenvalue weighted by Crippen LogP contribution is -2.27. The van der Waals surface area contributed by atoms with Crippen molar-refractivity contribution in [3.8, 4) is 0 Å². The van der Waals surface area contributed by atoms with Crippen molar-refractivity contribution in [2.24, 2.45) is 11.8 Å². The fourth-order valence-corrected chi connectivity index (χ4v) is 2.54. The van der Waals surface area contributed by atoms with Gasteiger partial charge in [0, 0.05) is 25.8 Å². The molecule has 100 valence electrons. The molecule has 5 heteroatoms. The second kappa shape index (κ2) is 5.52. The Morgan fingerprint density at radius 3 is 2.89 bits per heavy atom. The molecule has 2 atom stereocenters. The largest absolute Gasteiger partial charge is 0.469 e. The Hall–Kier alpha value is -1.36. The van der Waals surface area contributed by atoms with E-state index in [2.05, 4.69) is 16.9 Å². The first kappa shape index (κ1) is 13.1. The molecule has 0 aromatic carbocycles. The second-order valence-corrected chi connectivity index (χ2v) is 5.15. The van der Waals surface area contributed by atoms with Crippen LogP contribution in [0.15, 0.2) is 12.4 Å². The van der Waals surface area contributed by atoms with Crippen molar-refractivity contribution in [2.75, 3.05) is 26.7 Å². The standard InChI is InChI=1S/C13H21N3O2/c1-10-6-14-16(7-10)5-4-15-8-11(2)12(9-15)13(17)18-3/h6-7,11-12H,4-5,8-9H2,1-3H3. The number of nitrogens with zero attached hydrogens (tertiary/aromatic N) is 3. The minimum Gasteiger partial charge on any atom is -0.469 e. The average Bonchev–Trinajstić information content (AvgIpc) is 2.92. The molecular formula is C13H21N3O2. The molecule has 1 aliphatic rings. The van der Waals surface area contributed by atoms with Crippen LogP contribution < -0.4 is 0 Å². The van der Waals surface area contributed by atoms with Crippen LogP contribution in [-0.4, -0.2) is 47.4 Å². The van der Waals surface area contributed by atoms with Crippen LogP contribution >= 0.6 is 0 Å². The van der Waals surface area contributed by atoms with Gasteiger partial charge in [0.05, 0.1) is 25.8 Å². The maximum absolute atomic E-state index is 11.6.